The van der Waals surface area contributed by atoms with Gasteiger partial charge in [-0.05, 0) is 91.8 Å². The number of carbonyl (C=O) groups is 1. The van der Waals surface area contributed by atoms with Crippen molar-refractivity contribution in [2.24, 2.45) is 29.1 Å². The Morgan fingerprint density at radius 1 is 1.29 bits per heavy atom. The maximum absolute atomic E-state index is 11.8. The molecule has 2 nitrogen and oxygen atoms in total. The van der Waals surface area contributed by atoms with Gasteiger partial charge in [-0.1, -0.05) is 18.6 Å². The van der Waals surface area contributed by atoms with Crippen molar-refractivity contribution >= 4 is 5.78 Å². The van der Waals surface area contributed by atoms with Gasteiger partial charge in [0.2, 0.25) is 0 Å². The normalized spacial score (nSPS) is 42.8. The van der Waals surface area contributed by atoms with E-state index in [0.29, 0.717) is 35.9 Å². The zero-order chi connectivity index (χ0) is 17.1. The fraction of sp³-hybridized carbons (Fsp3) is 0.682. The van der Waals surface area contributed by atoms with Crippen LogP contribution in [0.4, 0.5) is 0 Å². The first kappa shape index (κ1) is 16.3. The standard InChI is InChI=1S/C22H30O2/c1-4-14-12-22(3)19(13(2)23)9-10-20(22)18-7-5-15-11-16(24)6-8-17(15)21(14)18/h4,11,13-14,18-20,23H,1,5-10,12H2,2-3H3/t13-,14+,18+,19-,20-,22-/m1/s1. The van der Waals surface area contributed by atoms with Crippen LogP contribution < -0.4 is 0 Å². The lowest BCUT2D eigenvalue weighted by atomic mass is 9.52. The number of aliphatic hydroxyl groups is 1. The van der Waals surface area contributed by atoms with Crippen LogP contribution in [0.3, 0.4) is 0 Å². The van der Waals surface area contributed by atoms with Crippen LogP contribution in [-0.4, -0.2) is 17.0 Å². The molecule has 0 aromatic carbocycles. The summed E-state index contributed by atoms with van der Waals surface area (Å²) in [5.41, 5.74) is 4.66. The highest BCUT2D eigenvalue weighted by Crippen LogP contribution is 2.64. The summed E-state index contributed by atoms with van der Waals surface area (Å²) in [6, 6.07) is 0. The van der Waals surface area contributed by atoms with Crippen molar-refractivity contribution in [3.63, 3.8) is 0 Å². The van der Waals surface area contributed by atoms with E-state index in [1.165, 1.54) is 24.0 Å². The second-order valence-electron chi connectivity index (χ2n) is 8.80. The smallest absolute Gasteiger partial charge is 0.156 e. The average molecular weight is 326 g/mol. The number of ketones is 1. The molecular formula is C22H30O2. The Kier molecular flexibility index (Phi) is 3.87. The van der Waals surface area contributed by atoms with Crippen LogP contribution in [0.1, 0.15) is 58.8 Å². The van der Waals surface area contributed by atoms with Crippen LogP contribution in [0.15, 0.2) is 35.5 Å². The van der Waals surface area contributed by atoms with Crippen LogP contribution in [0.25, 0.3) is 0 Å². The van der Waals surface area contributed by atoms with Crippen LogP contribution in [0.5, 0.6) is 0 Å². The first-order valence-corrected chi connectivity index (χ1v) is 9.73. The van der Waals surface area contributed by atoms with E-state index in [0.717, 1.165) is 25.7 Å². The lowest BCUT2D eigenvalue weighted by Gasteiger charge is -2.52. The van der Waals surface area contributed by atoms with E-state index in [1.807, 2.05) is 13.0 Å². The zero-order valence-electron chi connectivity index (χ0n) is 15.1. The van der Waals surface area contributed by atoms with Gasteiger partial charge < -0.3 is 5.11 Å². The van der Waals surface area contributed by atoms with E-state index in [9.17, 15) is 9.90 Å². The van der Waals surface area contributed by atoms with Gasteiger partial charge in [0.15, 0.2) is 5.78 Å². The monoisotopic (exact) mass is 326 g/mol. The Morgan fingerprint density at radius 2 is 2.08 bits per heavy atom. The number of rotatable bonds is 2. The van der Waals surface area contributed by atoms with Crippen molar-refractivity contribution in [1.82, 2.24) is 0 Å². The summed E-state index contributed by atoms with van der Waals surface area (Å²) >= 11 is 0. The number of hydrogen-bond acceptors (Lipinski definition) is 2. The molecule has 0 unspecified atom stereocenters. The molecule has 0 saturated heterocycles. The molecule has 4 aliphatic carbocycles. The van der Waals surface area contributed by atoms with Gasteiger partial charge in [-0.3, -0.25) is 4.79 Å². The summed E-state index contributed by atoms with van der Waals surface area (Å²) in [6.45, 7) is 8.56. The fourth-order valence-electron chi connectivity index (χ4n) is 6.77. The molecule has 0 aromatic rings. The minimum atomic E-state index is -0.217. The van der Waals surface area contributed by atoms with Crippen molar-refractivity contribution in [3.8, 4) is 0 Å². The van der Waals surface area contributed by atoms with Crippen LogP contribution in [0, 0.1) is 29.1 Å². The first-order valence-electron chi connectivity index (χ1n) is 9.73. The van der Waals surface area contributed by atoms with Crippen molar-refractivity contribution in [3.05, 3.63) is 35.5 Å². The summed E-state index contributed by atoms with van der Waals surface area (Å²) < 4.78 is 0. The molecule has 0 aromatic heterocycles. The third-order valence-electron chi connectivity index (χ3n) is 7.71. The summed E-state index contributed by atoms with van der Waals surface area (Å²) in [7, 11) is 0. The highest BCUT2D eigenvalue weighted by Gasteiger charge is 2.56. The molecular weight excluding hydrogens is 296 g/mol. The van der Waals surface area contributed by atoms with Crippen molar-refractivity contribution in [1.29, 1.82) is 0 Å². The predicted molar refractivity (Wildman–Crippen MR) is 96.4 cm³/mol. The summed E-state index contributed by atoms with van der Waals surface area (Å²) in [6.07, 6.45) is 11.2. The molecule has 0 amide bonds. The summed E-state index contributed by atoms with van der Waals surface area (Å²) in [5, 5.41) is 10.3. The van der Waals surface area contributed by atoms with E-state index < -0.39 is 0 Å². The van der Waals surface area contributed by atoms with Crippen LogP contribution in [-0.2, 0) is 4.79 Å². The van der Waals surface area contributed by atoms with Gasteiger partial charge in [0.1, 0.15) is 0 Å². The molecule has 0 heterocycles. The molecule has 0 bridgehead atoms. The molecule has 0 aliphatic heterocycles. The molecule has 4 aliphatic rings. The molecule has 4 rings (SSSR count). The minimum absolute atomic E-state index is 0.217. The van der Waals surface area contributed by atoms with Gasteiger partial charge >= 0.3 is 0 Å². The van der Waals surface area contributed by atoms with E-state index >= 15 is 0 Å². The Hall–Kier alpha value is -1.15. The van der Waals surface area contributed by atoms with Gasteiger partial charge in [-0.15, -0.1) is 6.58 Å². The Bertz CT molecular complexity index is 638. The molecule has 2 fully saturated rings. The van der Waals surface area contributed by atoms with Gasteiger partial charge in [0, 0.05) is 6.42 Å². The van der Waals surface area contributed by atoms with Gasteiger partial charge in [-0.2, -0.15) is 0 Å². The minimum Gasteiger partial charge on any atom is -0.393 e. The van der Waals surface area contributed by atoms with Crippen molar-refractivity contribution in [2.45, 2.75) is 64.9 Å². The van der Waals surface area contributed by atoms with Gasteiger partial charge in [0.25, 0.3) is 0 Å². The van der Waals surface area contributed by atoms with Gasteiger partial charge in [-0.25, -0.2) is 0 Å². The molecule has 1 N–H and O–H groups in total. The summed E-state index contributed by atoms with van der Waals surface area (Å²) in [5.74, 6) is 2.47. The third kappa shape index (κ3) is 2.22. The molecule has 24 heavy (non-hydrogen) atoms. The zero-order valence-corrected chi connectivity index (χ0v) is 15.1. The highest BCUT2D eigenvalue weighted by atomic mass is 16.3. The van der Waals surface area contributed by atoms with E-state index in [1.54, 1.807) is 5.57 Å². The lowest BCUT2D eigenvalue weighted by molar-refractivity contribution is -0.114. The maximum atomic E-state index is 11.8. The largest absolute Gasteiger partial charge is 0.393 e. The maximum Gasteiger partial charge on any atom is 0.156 e. The van der Waals surface area contributed by atoms with Crippen molar-refractivity contribution in [2.75, 3.05) is 0 Å². The Labute approximate surface area is 145 Å². The predicted octanol–water partition coefficient (Wildman–Crippen LogP) is 4.60. The molecule has 2 saturated carbocycles. The second kappa shape index (κ2) is 5.69. The number of aliphatic hydroxyl groups excluding tert-OH is 1. The average Bonchev–Trinajstić information content (AvgIpc) is 2.90. The number of carbonyl (C=O) groups excluding carboxylic acids is 1. The SMILES string of the molecule is C=C[C@H]1C[C@@]2(C)[C@H](CC[C@@H]2[C@@H](C)O)[C@@H]2CCC3=CC(=O)CCC3=C21. The molecule has 0 radical (unpaired) electrons. The van der Waals surface area contributed by atoms with E-state index in [-0.39, 0.29) is 11.5 Å². The number of fused-ring (bicyclic) bond motifs is 4. The molecule has 130 valence electrons. The number of allylic oxidation sites excluding steroid dienone is 5. The Balaban J connectivity index is 1.79. The van der Waals surface area contributed by atoms with E-state index in [4.69, 9.17) is 0 Å². The molecule has 0 spiro atoms. The Morgan fingerprint density at radius 3 is 2.79 bits per heavy atom. The highest BCUT2D eigenvalue weighted by molar-refractivity contribution is 5.93. The first-order chi connectivity index (χ1) is 11.5. The number of hydrogen-bond donors (Lipinski definition) is 1. The topological polar surface area (TPSA) is 37.3 Å². The summed E-state index contributed by atoms with van der Waals surface area (Å²) in [4.78, 5) is 11.8. The third-order valence-corrected chi connectivity index (χ3v) is 7.71. The van der Waals surface area contributed by atoms with Crippen LogP contribution in [0.2, 0.25) is 0 Å². The molecule has 2 heteroatoms. The quantitative estimate of drug-likeness (QED) is 0.753. The van der Waals surface area contributed by atoms with Gasteiger partial charge in [0.05, 0.1) is 6.10 Å². The van der Waals surface area contributed by atoms with Crippen molar-refractivity contribution < 1.29 is 9.90 Å². The second-order valence-corrected chi connectivity index (χ2v) is 8.80. The lowest BCUT2D eigenvalue weighted by Crippen LogP contribution is -2.45. The fourth-order valence-corrected chi connectivity index (χ4v) is 6.77. The van der Waals surface area contributed by atoms with E-state index in [2.05, 4.69) is 19.6 Å². The molecule has 6 atom stereocenters. The van der Waals surface area contributed by atoms with Crippen LogP contribution >= 0.6 is 0 Å².